The van der Waals surface area contributed by atoms with Crippen LogP contribution in [0.3, 0.4) is 0 Å². The molecule has 1 amide bonds. The Kier molecular flexibility index (Phi) is 16.5. The lowest BCUT2D eigenvalue weighted by atomic mass is 9.81. The Labute approximate surface area is 279 Å². The van der Waals surface area contributed by atoms with Gasteiger partial charge in [0.1, 0.15) is 0 Å². The minimum absolute atomic E-state index is 0. The van der Waals surface area contributed by atoms with E-state index in [0.717, 1.165) is 30.4 Å². The molecule has 0 atom stereocenters. The zero-order chi connectivity index (χ0) is 29.4. The third-order valence-corrected chi connectivity index (χ3v) is 8.00. The molecule has 0 unspecified atom stereocenters. The molecule has 2 aromatic carbocycles. The molecule has 44 heavy (non-hydrogen) atoms. The number of aliphatic imine (C=N–C) groups is 1. The second kappa shape index (κ2) is 18.6. The van der Waals surface area contributed by atoms with Gasteiger partial charge in [-0.15, -0.1) is 48.6 Å². The number of hydrogen-bond acceptors (Lipinski definition) is 9. The number of rotatable bonds is 15. The monoisotopic (exact) mass is 686 g/mol. The molecule has 0 spiro atoms. The van der Waals surface area contributed by atoms with Crippen LogP contribution in [0.25, 0.3) is 10.1 Å². The van der Waals surface area contributed by atoms with Gasteiger partial charge in [0, 0.05) is 42.7 Å². The molecule has 0 saturated heterocycles. The smallest absolute Gasteiger partial charge is 0.261 e. The lowest BCUT2D eigenvalue weighted by Crippen LogP contribution is -2.25. The number of guanidine groups is 1. The van der Waals surface area contributed by atoms with Gasteiger partial charge >= 0.3 is 0 Å². The molecule has 11 N–H and O–H groups in total. The number of nitrogens with two attached hydrogens (primary N) is 4. The SMILES string of the molecule is Cl.Cl.Cl.NCCCCNc1c2c(c(NCCCCN)c3sc(C(=O)NCCCN=C(N)N)cc13)C(=O)c1ccccc1C2=O. The standard InChI is InChI=1S/C29H38N8O3S.3ClH/c30-10-3-5-12-34-23-19-16-20(28(40)36-14-7-15-37-29(32)33)41-27(19)24(35-13-6-4-11-31)22-21(23)25(38)17-8-1-2-9-18(17)26(22)39;;;/h1-2,8-9,16,34-35H,3-7,10-15,30-31H2,(H,36,40)(H4,32,33,37);3*1H. The predicted molar refractivity (Wildman–Crippen MR) is 188 cm³/mol. The van der Waals surface area contributed by atoms with Gasteiger partial charge < -0.3 is 38.9 Å². The molecule has 4 rings (SSSR count). The number of halogens is 3. The van der Waals surface area contributed by atoms with Gasteiger partial charge in [0.25, 0.3) is 5.91 Å². The summed E-state index contributed by atoms with van der Waals surface area (Å²) in [5.74, 6) is -0.685. The highest BCUT2D eigenvalue weighted by Crippen LogP contribution is 2.46. The van der Waals surface area contributed by atoms with Crippen molar-refractivity contribution in [2.75, 3.05) is 49.9 Å². The summed E-state index contributed by atoms with van der Waals surface area (Å²) in [6, 6.07) is 8.68. The lowest BCUT2D eigenvalue weighted by Gasteiger charge is -2.25. The molecule has 0 fully saturated rings. The Morgan fingerprint density at radius 3 is 1.86 bits per heavy atom. The number of thiophene rings is 1. The van der Waals surface area contributed by atoms with E-state index in [4.69, 9.17) is 22.9 Å². The highest BCUT2D eigenvalue weighted by molar-refractivity contribution is 7.21. The van der Waals surface area contributed by atoms with E-state index in [9.17, 15) is 14.4 Å². The Bertz CT molecular complexity index is 1390. The predicted octanol–water partition coefficient (Wildman–Crippen LogP) is 3.64. The molecule has 1 heterocycles. The largest absolute Gasteiger partial charge is 0.384 e. The number of carbonyl (C=O) groups is 3. The van der Waals surface area contributed by atoms with E-state index >= 15 is 0 Å². The van der Waals surface area contributed by atoms with Crippen molar-refractivity contribution in [3.8, 4) is 0 Å². The summed E-state index contributed by atoms with van der Waals surface area (Å²) in [7, 11) is 0. The number of carbonyl (C=O) groups excluding carboxylic acids is 3. The van der Waals surface area contributed by atoms with Gasteiger partial charge in [-0.25, -0.2) is 0 Å². The van der Waals surface area contributed by atoms with E-state index in [-0.39, 0.29) is 60.7 Å². The molecular formula is C29H41Cl3N8O3S. The summed E-state index contributed by atoms with van der Waals surface area (Å²) in [6.07, 6.45) is 3.78. The first-order chi connectivity index (χ1) is 19.9. The summed E-state index contributed by atoms with van der Waals surface area (Å²) in [4.78, 5) is 45.5. The number of fused-ring (bicyclic) bond motifs is 3. The van der Waals surface area contributed by atoms with Crippen molar-refractivity contribution in [3.63, 3.8) is 0 Å². The molecule has 0 saturated carbocycles. The fourth-order valence-electron chi connectivity index (χ4n) is 4.87. The highest BCUT2D eigenvalue weighted by Gasteiger charge is 2.36. The van der Waals surface area contributed by atoms with E-state index in [0.29, 0.717) is 89.6 Å². The van der Waals surface area contributed by atoms with Crippen LogP contribution in [0, 0.1) is 0 Å². The van der Waals surface area contributed by atoms with Crippen molar-refractivity contribution in [1.82, 2.24) is 5.32 Å². The molecule has 0 aliphatic heterocycles. The van der Waals surface area contributed by atoms with E-state index in [1.807, 2.05) is 0 Å². The number of benzene rings is 2. The molecule has 3 aromatic rings. The molecule has 0 bridgehead atoms. The first kappa shape index (κ1) is 38.9. The zero-order valence-corrected chi connectivity index (χ0v) is 27.5. The molecule has 0 radical (unpaired) electrons. The van der Waals surface area contributed by atoms with E-state index in [1.54, 1.807) is 30.3 Å². The number of hydrogen-bond donors (Lipinski definition) is 7. The maximum absolute atomic E-state index is 14.0. The van der Waals surface area contributed by atoms with Gasteiger partial charge in [-0.3, -0.25) is 19.4 Å². The quantitative estimate of drug-likeness (QED) is 0.0421. The molecule has 11 nitrogen and oxygen atoms in total. The second-order valence-electron chi connectivity index (χ2n) is 9.82. The molecule has 1 aromatic heterocycles. The van der Waals surface area contributed by atoms with Gasteiger partial charge in [0.15, 0.2) is 17.5 Å². The Morgan fingerprint density at radius 1 is 0.773 bits per heavy atom. The lowest BCUT2D eigenvalue weighted by molar-refractivity contribution is 0.0956. The van der Waals surface area contributed by atoms with Crippen molar-refractivity contribution >= 4 is 93.5 Å². The van der Waals surface area contributed by atoms with Gasteiger partial charge in [-0.2, -0.15) is 0 Å². The van der Waals surface area contributed by atoms with Gasteiger partial charge in [0.05, 0.1) is 32.1 Å². The van der Waals surface area contributed by atoms with Crippen molar-refractivity contribution in [2.24, 2.45) is 27.9 Å². The number of unbranched alkanes of at least 4 members (excludes halogenated alkanes) is 2. The summed E-state index contributed by atoms with van der Waals surface area (Å²) in [6.45, 7) is 3.03. The zero-order valence-electron chi connectivity index (χ0n) is 24.3. The summed E-state index contributed by atoms with van der Waals surface area (Å²) in [5.41, 5.74) is 24.7. The van der Waals surface area contributed by atoms with Crippen LogP contribution >= 0.6 is 48.6 Å². The molecular weight excluding hydrogens is 647 g/mol. The van der Waals surface area contributed by atoms with Crippen LogP contribution in [-0.2, 0) is 0 Å². The van der Waals surface area contributed by atoms with Crippen LogP contribution in [0.1, 0.15) is 73.6 Å². The van der Waals surface area contributed by atoms with Gasteiger partial charge in [-0.1, -0.05) is 24.3 Å². The molecule has 15 heteroatoms. The van der Waals surface area contributed by atoms with Crippen molar-refractivity contribution < 1.29 is 14.4 Å². The van der Waals surface area contributed by atoms with Crippen LogP contribution in [-0.4, -0.2) is 62.7 Å². The average Bonchev–Trinajstić information content (AvgIpc) is 3.41. The van der Waals surface area contributed by atoms with Crippen LogP contribution in [0.2, 0.25) is 0 Å². The van der Waals surface area contributed by atoms with Crippen LogP contribution < -0.4 is 38.9 Å². The minimum Gasteiger partial charge on any atom is -0.384 e. The summed E-state index contributed by atoms with van der Waals surface area (Å²) >= 11 is 1.29. The Morgan fingerprint density at radius 2 is 1.32 bits per heavy atom. The first-order valence-corrected chi connectivity index (χ1v) is 14.7. The number of nitrogens with one attached hydrogen (secondary N) is 3. The Balaban J connectivity index is 0.00000323. The second-order valence-corrected chi connectivity index (χ2v) is 10.9. The van der Waals surface area contributed by atoms with Crippen LogP contribution in [0.4, 0.5) is 11.4 Å². The number of anilines is 2. The fraction of sp³-hybridized carbons (Fsp3) is 0.379. The maximum atomic E-state index is 14.0. The van der Waals surface area contributed by atoms with E-state index in [1.165, 1.54) is 11.3 Å². The fourth-order valence-corrected chi connectivity index (χ4v) is 5.98. The molecule has 242 valence electrons. The van der Waals surface area contributed by atoms with Crippen molar-refractivity contribution in [1.29, 1.82) is 0 Å². The Hall–Kier alpha value is -3.13. The van der Waals surface area contributed by atoms with Crippen molar-refractivity contribution in [3.05, 3.63) is 57.5 Å². The van der Waals surface area contributed by atoms with Gasteiger partial charge in [0.2, 0.25) is 0 Å². The summed E-state index contributed by atoms with van der Waals surface area (Å²) < 4.78 is 0.740. The normalized spacial score (nSPS) is 11.3. The molecule has 1 aliphatic carbocycles. The number of nitrogens with zero attached hydrogens (tertiary/aromatic N) is 1. The highest BCUT2D eigenvalue weighted by atomic mass is 35.5. The van der Waals surface area contributed by atoms with Crippen LogP contribution in [0.15, 0.2) is 35.3 Å². The third kappa shape index (κ3) is 8.74. The maximum Gasteiger partial charge on any atom is 0.261 e. The van der Waals surface area contributed by atoms with Crippen LogP contribution in [0.5, 0.6) is 0 Å². The topological polar surface area (TPSA) is 204 Å². The first-order valence-electron chi connectivity index (χ1n) is 13.9. The third-order valence-electron chi connectivity index (χ3n) is 6.85. The number of amides is 1. The van der Waals surface area contributed by atoms with Gasteiger partial charge in [-0.05, 0) is 51.3 Å². The minimum atomic E-state index is -0.252. The van der Waals surface area contributed by atoms with Crippen molar-refractivity contribution in [2.45, 2.75) is 32.1 Å². The van der Waals surface area contributed by atoms with E-state index in [2.05, 4.69) is 20.9 Å². The van der Waals surface area contributed by atoms with E-state index < -0.39 is 0 Å². The summed E-state index contributed by atoms with van der Waals surface area (Å²) in [5, 5.41) is 10.5. The molecule has 1 aliphatic rings. The number of ketones is 2. The average molecular weight is 688 g/mol.